The lowest BCUT2D eigenvalue weighted by atomic mass is 10.0. The lowest BCUT2D eigenvalue weighted by Crippen LogP contribution is -2.40. The van der Waals surface area contributed by atoms with Crippen LogP contribution in [0.15, 0.2) is 18.2 Å². The number of benzene rings is 1. The molecule has 0 spiro atoms. The van der Waals surface area contributed by atoms with Crippen molar-refractivity contribution in [3.63, 3.8) is 0 Å². The Bertz CT molecular complexity index is 522. The van der Waals surface area contributed by atoms with Gasteiger partial charge in [-0.25, -0.2) is 0 Å². The fraction of sp³-hybridized carbons (Fsp3) is 0.400. The smallest absolute Gasteiger partial charge is 0.254 e. The summed E-state index contributed by atoms with van der Waals surface area (Å²) in [6.45, 7) is 4.20. The third kappa shape index (κ3) is 3.34. The maximum Gasteiger partial charge on any atom is 0.254 e. The van der Waals surface area contributed by atoms with E-state index in [2.05, 4.69) is 11.8 Å². The van der Waals surface area contributed by atoms with E-state index in [0.717, 1.165) is 11.1 Å². The molecule has 0 atom stereocenters. The second-order valence-corrected chi connectivity index (χ2v) is 4.39. The van der Waals surface area contributed by atoms with Gasteiger partial charge in [0.2, 0.25) is 0 Å². The van der Waals surface area contributed by atoms with Crippen molar-refractivity contribution in [1.29, 1.82) is 0 Å². The van der Waals surface area contributed by atoms with Crippen molar-refractivity contribution in [1.82, 2.24) is 4.90 Å². The molecule has 1 aliphatic heterocycles. The van der Waals surface area contributed by atoms with Crippen molar-refractivity contribution in [3.8, 4) is 11.8 Å². The first kappa shape index (κ1) is 13.6. The van der Waals surface area contributed by atoms with Crippen molar-refractivity contribution >= 4 is 5.91 Å². The summed E-state index contributed by atoms with van der Waals surface area (Å²) in [4.78, 5) is 14.1. The number of aliphatic hydroxyl groups is 1. The summed E-state index contributed by atoms with van der Waals surface area (Å²) in [5, 5.41) is 8.74. The van der Waals surface area contributed by atoms with E-state index in [1.165, 1.54) is 0 Å². The van der Waals surface area contributed by atoms with Crippen LogP contribution in [-0.4, -0.2) is 48.8 Å². The van der Waals surface area contributed by atoms with Crippen LogP contribution in [0.4, 0.5) is 0 Å². The van der Waals surface area contributed by atoms with Crippen molar-refractivity contribution in [2.24, 2.45) is 0 Å². The fourth-order valence-electron chi connectivity index (χ4n) is 1.97. The Hall–Kier alpha value is -1.83. The van der Waals surface area contributed by atoms with E-state index in [1.54, 1.807) is 11.0 Å². The molecule has 1 fully saturated rings. The highest BCUT2D eigenvalue weighted by atomic mass is 16.5. The van der Waals surface area contributed by atoms with E-state index in [4.69, 9.17) is 9.84 Å². The third-order valence-corrected chi connectivity index (χ3v) is 3.08. The normalized spacial score (nSPS) is 14.7. The number of carbonyl (C=O) groups excluding carboxylic acids is 1. The van der Waals surface area contributed by atoms with Gasteiger partial charge in [0.1, 0.15) is 6.61 Å². The van der Waals surface area contributed by atoms with E-state index >= 15 is 0 Å². The molecule has 0 unspecified atom stereocenters. The first-order valence-corrected chi connectivity index (χ1v) is 6.30. The van der Waals surface area contributed by atoms with E-state index < -0.39 is 0 Å². The minimum absolute atomic E-state index is 0.00958. The molecule has 4 heteroatoms. The van der Waals surface area contributed by atoms with Crippen LogP contribution in [0.1, 0.15) is 21.5 Å². The molecule has 1 N–H and O–H groups in total. The molecule has 0 aromatic heterocycles. The van der Waals surface area contributed by atoms with Gasteiger partial charge in [-0.05, 0) is 24.6 Å². The molecule has 2 rings (SSSR count). The summed E-state index contributed by atoms with van der Waals surface area (Å²) >= 11 is 0. The van der Waals surface area contributed by atoms with Crippen molar-refractivity contribution in [3.05, 3.63) is 34.9 Å². The van der Waals surface area contributed by atoms with Gasteiger partial charge >= 0.3 is 0 Å². The monoisotopic (exact) mass is 259 g/mol. The average Bonchev–Trinajstić information content (AvgIpc) is 2.46. The molecule has 19 heavy (non-hydrogen) atoms. The second-order valence-electron chi connectivity index (χ2n) is 4.39. The minimum Gasteiger partial charge on any atom is -0.384 e. The number of rotatable bonds is 1. The van der Waals surface area contributed by atoms with Crippen LogP contribution in [0.5, 0.6) is 0 Å². The van der Waals surface area contributed by atoms with Crippen LogP contribution in [0.3, 0.4) is 0 Å². The Balaban J connectivity index is 2.22. The number of hydrogen-bond donors (Lipinski definition) is 1. The number of carbonyl (C=O) groups is 1. The van der Waals surface area contributed by atoms with Gasteiger partial charge in [-0.2, -0.15) is 0 Å². The minimum atomic E-state index is -0.179. The number of hydrogen-bond acceptors (Lipinski definition) is 3. The molecule has 0 aliphatic carbocycles. The zero-order chi connectivity index (χ0) is 13.7. The second kappa shape index (κ2) is 6.37. The van der Waals surface area contributed by atoms with Crippen LogP contribution in [-0.2, 0) is 4.74 Å². The Morgan fingerprint density at radius 3 is 2.84 bits per heavy atom. The first-order chi connectivity index (χ1) is 9.22. The van der Waals surface area contributed by atoms with Gasteiger partial charge in [-0.3, -0.25) is 4.79 Å². The number of amides is 1. The van der Waals surface area contributed by atoms with Gasteiger partial charge in [0.05, 0.1) is 13.2 Å². The number of aliphatic hydroxyl groups excluding tert-OH is 1. The van der Waals surface area contributed by atoms with E-state index in [1.807, 2.05) is 19.1 Å². The quantitative estimate of drug-likeness (QED) is 0.759. The van der Waals surface area contributed by atoms with Crippen LogP contribution in [0.25, 0.3) is 0 Å². The molecular weight excluding hydrogens is 242 g/mol. The van der Waals surface area contributed by atoms with Crippen molar-refractivity contribution < 1.29 is 14.6 Å². The Kier molecular flexibility index (Phi) is 4.56. The third-order valence-electron chi connectivity index (χ3n) is 3.08. The predicted octanol–water partition coefficient (Wildman–Crippen LogP) is 0.811. The lowest BCUT2D eigenvalue weighted by molar-refractivity contribution is 0.0303. The van der Waals surface area contributed by atoms with Crippen LogP contribution >= 0.6 is 0 Å². The van der Waals surface area contributed by atoms with Gasteiger partial charge < -0.3 is 14.7 Å². The van der Waals surface area contributed by atoms with E-state index in [-0.39, 0.29) is 12.5 Å². The highest BCUT2D eigenvalue weighted by molar-refractivity contribution is 5.94. The summed E-state index contributed by atoms with van der Waals surface area (Å²) in [5.74, 6) is 5.49. The molecule has 0 saturated carbocycles. The molecular formula is C15H17NO3. The molecule has 0 radical (unpaired) electrons. The molecule has 100 valence electrons. The number of morpholine rings is 1. The molecule has 1 aromatic carbocycles. The average molecular weight is 259 g/mol. The summed E-state index contributed by atoms with van der Waals surface area (Å²) < 4.78 is 5.24. The summed E-state index contributed by atoms with van der Waals surface area (Å²) in [6, 6.07) is 5.49. The first-order valence-electron chi connectivity index (χ1n) is 6.30. The van der Waals surface area contributed by atoms with Crippen molar-refractivity contribution in [2.45, 2.75) is 6.92 Å². The van der Waals surface area contributed by atoms with Gasteiger partial charge in [-0.1, -0.05) is 17.9 Å². The Morgan fingerprint density at radius 1 is 1.42 bits per heavy atom. The van der Waals surface area contributed by atoms with E-state index in [9.17, 15) is 4.79 Å². The zero-order valence-electron chi connectivity index (χ0n) is 11.0. The predicted molar refractivity (Wildman–Crippen MR) is 71.9 cm³/mol. The molecule has 0 bridgehead atoms. The molecule has 1 saturated heterocycles. The maximum absolute atomic E-state index is 12.3. The molecule has 1 heterocycles. The van der Waals surface area contributed by atoms with Gasteiger partial charge in [-0.15, -0.1) is 0 Å². The zero-order valence-corrected chi connectivity index (χ0v) is 11.0. The van der Waals surface area contributed by atoms with Crippen LogP contribution in [0.2, 0.25) is 0 Å². The fourth-order valence-corrected chi connectivity index (χ4v) is 1.97. The largest absolute Gasteiger partial charge is 0.384 e. The van der Waals surface area contributed by atoms with Gasteiger partial charge in [0.15, 0.2) is 0 Å². The van der Waals surface area contributed by atoms with Crippen molar-refractivity contribution in [2.75, 3.05) is 32.9 Å². The summed E-state index contributed by atoms with van der Waals surface area (Å²) in [7, 11) is 0. The lowest BCUT2D eigenvalue weighted by Gasteiger charge is -2.27. The van der Waals surface area contributed by atoms with Gasteiger partial charge in [0, 0.05) is 24.2 Å². The maximum atomic E-state index is 12.3. The molecule has 1 aromatic rings. The van der Waals surface area contributed by atoms with Crippen LogP contribution < -0.4 is 0 Å². The van der Waals surface area contributed by atoms with Gasteiger partial charge in [0.25, 0.3) is 5.91 Å². The highest BCUT2D eigenvalue weighted by Gasteiger charge is 2.18. The number of ether oxygens (including phenoxy) is 1. The van der Waals surface area contributed by atoms with E-state index in [0.29, 0.717) is 31.9 Å². The molecule has 4 nitrogen and oxygen atoms in total. The van der Waals surface area contributed by atoms with Crippen LogP contribution in [0, 0.1) is 18.8 Å². The Labute approximate surface area is 113 Å². The molecule has 1 aliphatic rings. The number of aryl methyl sites for hydroxylation is 1. The summed E-state index contributed by atoms with van der Waals surface area (Å²) in [5.41, 5.74) is 2.42. The number of nitrogens with zero attached hydrogens (tertiary/aromatic N) is 1. The standard InChI is InChI=1S/C15H17NO3/c1-12-4-5-14(11-13(12)3-2-8-17)15(18)16-6-9-19-10-7-16/h4-5,11,17H,6-10H2,1H3. The highest BCUT2D eigenvalue weighted by Crippen LogP contribution is 2.13. The Morgan fingerprint density at radius 2 is 2.16 bits per heavy atom. The summed E-state index contributed by atoms with van der Waals surface area (Å²) in [6.07, 6.45) is 0. The molecule has 1 amide bonds. The topological polar surface area (TPSA) is 49.8 Å². The SMILES string of the molecule is Cc1ccc(C(=O)N2CCOCC2)cc1C#CCO.